The van der Waals surface area contributed by atoms with Crippen molar-refractivity contribution in [2.75, 3.05) is 32.8 Å². The molecule has 1 aromatic rings. The highest BCUT2D eigenvalue weighted by Crippen LogP contribution is 2.29. The third-order valence-corrected chi connectivity index (χ3v) is 3.12. The van der Waals surface area contributed by atoms with Gasteiger partial charge in [-0.05, 0) is 32.0 Å². The van der Waals surface area contributed by atoms with Crippen LogP contribution in [0.15, 0.2) is 18.2 Å². The van der Waals surface area contributed by atoms with E-state index in [0.717, 1.165) is 0 Å². The van der Waals surface area contributed by atoms with E-state index < -0.39 is 0 Å². The SMILES string of the molecule is CCOc1ccc(C(=O)N2CCNC(=O)C2)cc1OCC. The maximum atomic E-state index is 12.4. The lowest BCUT2D eigenvalue weighted by Crippen LogP contribution is -2.49. The Morgan fingerprint density at radius 1 is 1.24 bits per heavy atom. The summed E-state index contributed by atoms with van der Waals surface area (Å²) in [5, 5.41) is 2.70. The summed E-state index contributed by atoms with van der Waals surface area (Å²) in [6, 6.07) is 5.09. The van der Waals surface area contributed by atoms with Crippen molar-refractivity contribution >= 4 is 11.8 Å². The van der Waals surface area contributed by atoms with Crippen LogP contribution in [0.4, 0.5) is 0 Å². The summed E-state index contributed by atoms with van der Waals surface area (Å²) in [7, 11) is 0. The maximum Gasteiger partial charge on any atom is 0.254 e. The third-order valence-electron chi connectivity index (χ3n) is 3.12. The maximum absolute atomic E-state index is 12.4. The topological polar surface area (TPSA) is 67.9 Å². The largest absolute Gasteiger partial charge is 0.490 e. The summed E-state index contributed by atoms with van der Waals surface area (Å²) in [5.74, 6) is 0.860. The normalized spacial score (nSPS) is 14.6. The smallest absolute Gasteiger partial charge is 0.254 e. The molecule has 0 saturated carbocycles. The summed E-state index contributed by atoms with van der Waals surface area (Å²) in [6.07, 6.45) is 0. The third kappa shape index (κ3) is 3.65. The van der Waals surface area contributed by atoms with E-state index in [9.17, 15) is 9.59 Å². The molecule has 0 atom stereocenters. The Balaban J connectivity index is 2.20. The predicted molar refractivity (Wildman–Crippen MR) is 77.7 cm³/mol. The molecule has 1 aromatic carbocycles. The Morgan fingerprint density at radius 3 is 2.62 bits per heavy atom. The van der Waals surface area contributed by atoms with Crippen molar-refractivity contribution in [3.8, 4) is 11.5 Å². The van der Waals surface area contributed by atoms with Gasteiger partial charge in [-0.3, -0.25) is 9.59 Å². The average Bonchev–Trinajstić information content (AvgIpc) is 2.49. The summed E-state index contributed by atoms with van der Waals surface area (Å²) in [5.41, 5.74) is 0.497. The number of hydrogen-bond acceptors (Lipinski definition) is 4. The van der Waals surface area contributed by atoms with Crippen LogP contribution in [0.3, 0.4) is 0 Å². The molecule has 2 amide bonds. The van der Waals surface area contributed by atoms with Gasteiger partial charge in [0.15, 0.2) is 11.5 Å². The molecule has 1 saturated heterocycles. The van der Waals surface area contributed by atoms with Crippen LogP contribution in [0.2, 0.25) is 0 Å². The van der Waals surface area contributed by atoms with Crippen LogP contribution >= 0.6 is 0 Å². The number of piperazine rings is 1. The van der Waals surface area contributed by atoms with Crippen LogP contribution in [-0.2, 0) is 4.79 Å². The number of hydrogen-bond donors (Lipinski definition) is 1. The molecule has 6 heteroatoms. The van der Waals surface area contributed by atoms with Crippen LogP contribution in [0.25, 0.3) is 0 Å². The molecule has 1 fully saturated rings. The van der Waals surface area contributed by atoms with Crippen molar-refractivity contribution in [2.45, 2.75) is 13.8 Å². The van der Waals surface area contributed by atoms with Crippen molar-refractivity contribution in [1.82, 2.24) is 10.2 Å². The second-order valence-electron chi connectivity index (χ2n) is 4.60. The molecule has 114 valence electrons. The Bertz CT molecular complexity index is 530. The van der Waals surface area contributed by atoms with Gasteiger partial charge in [0.2, 0.25) is 5.91 Å². The highest BCUT2D eigenvalue weighted by atomic mass is 16.5. The zero-order chi connectivity index (χ0) is 15.2. The standard InChI is InChI=1S/C15H20N2O4/c1-3-20-12-6-5-11(9-13(12)21-4-2)15(19)17-8-7-16-14(18)10-17/h5-6,9H,3-4,7-8,10H2,1-2H3,(H,16,18). The first-order valence-electron chi connectivity index (χ1n) is 7.11. The molecule has 6 nitrogen and oxygen atoms in total. The Hall–Kier alpha value is -2.24. The van der Waals surface area contributed by atoms with Crippen LogP contribution in [-0.4, -0.2) is 49.6 Å². The molecule has 0 aliphatic carbocycles. The summed E-state index contributed by atoms with van der Waals surface area (Å²) < 4.78 is 11.0. The molecule has 1 N–H and O–H groups in total. The van der Waals surface area contributed by atoms with Gasteiger partial charge in [-0.15, -0.1) is 0 Å². The Morgan fingerprint density at radius 2 is 1.95 bits per heavy atom. The van der Waals surface area contributed by atoms with Crippen LogP contribution in [0, 0.1) is 0 Å². The minimum Gasteiger partial charge on any atom is -0.490 e. The molecule has 0 spiro atoms. The number of carbonyl (C=O) groups is 2. The van der Waals surface area contributed by atoms with Gasteiger partial charge in [-0.2, -0.15) is 0 Å². The van der Waals surface area contributed by atoms with E-state index >= 15 is 0 Å². The van der Waals surface area contributed by atoms with Crippen molar-refractivity contribution in [1.29, 1.82) is 0 Å². The van der Waals surface area contributed by atoms with Crippen molar-refractivity contribution in [3.63, 3.8) is 0 Å². The zero-order valence-corrected chi connectivity index (χ0v) is 12.3. The Labute approximate surface area is 124 Å². The van der Waals surface area contributed by atoms with Gasteiger partial charge in [0.1, 0.15) is 0 Å². The first-order chi connectivity index (χ1) is 10.2. The van der Waals surface area contributed by atoms with Gasteiger partial charge in [-0.25, -0.2) is 0 Å². The van der Waals surface area contributed by atoms with Gasteiger partial charge in [-0.1, -0.05) is 0 Å². The van der Waals surface area contributed by atoms with Crippen LogP contribution < -0.4 is 14.8 Å². The minimum absolute atomic E-state index is 0.0933. The van der Waals surface area contributed by atoms with Gasteiger partial charge in [0.25, 0.3) is 5.91 Å². The fourth-order valence-corrected chi connectivity index (χ4v) is 2.18. The molecule has 1 aliphatic heterocycles. The number of benzene rings is 1. The van der Waals surface area contributed by atoms with Gasteiger partial charge in [0.05, 0.1) is 19.8 Å². The number of nitrogens with one attached hydrogen (secondary N) is 1. The van der Waals surface area contributed by atoms with Crippen molar-refractivity contribution in [2.24, 2.45) is 0 Å². The zero-order valence-electron chi connectivity index (χ0n) is 12.3. The van der Waals surface area contributed by atoms with E-state index in [1.165, 1.54) is 4.90 Å². The van der Waals surface area contributed by atoms with E-state index in [1.54, 1.807) is 18.2 Å². The van der Waals surface area contributed by atoms with Gasteiger partial charge < -0.3 is 19.7 Å². The van der Waals surface area contributed by atoms with E-state index in [-0.39, 0.29) is 18.4 Å². The number of ether oxygens (including phenoxy) is 2. The molecule has 0 aromatic heterocycles. The fourth-order valence-electron chi connectivity index (χ4n) is 2.18. The molecule has 0 radical (unpaired) electrons. The minimum atomic E-state index is -0.172. The lowest BCUT2D eigenvalue weighted by Gasteiger charge is -2.26. The predicted octanol–water partition coefficient (Wildman–Crippen LogP) is 1.06. The van der Waals surface area contributed by atoms with E-state index in [4.69, 9.17) is 9.47 Å². The average molecular weight is 292 g/mol. The fraction of sp³-hybridized carbons (Fsp3) is 0.467. The molecule has 0 unspecified atom stereocenters. The molecular weight excluding hydrogens is 272 g/mol. The summed E-state index contributed by atoms with van der Waals surface area (Å²) in [4.78, 5) is 25.3. The van der Waals surface area contributed by atoms with Crippen molar-refractivity contribution in [3.05, 3.63) is 23.8 Å². The molecule has 0 bridgehead atoms. The van der Waals surface area contributed by atoms with Crippen LogP contribution in [0.1, 0.15) is 24.2 Å². The second-order valence-corrected chi connectivity index (χ2v) is 4.60. The van der Waals surface area contributed by atoms with Gasteiger partial charge in [0, 0.05) is 18.7 Å². The first kappa shape index (κ1) is 15.2. The molecule has 21 heavy (non-hydrogen) atoms. The summed E-state index contributed by atoms with van der Waals surface area (Å²) in [6.45, 7) is 5.88. The molecule has 1 aliphatic rings. The van der Waals surface area contributed by atoms with Crippen molar-refractivity contribution < 1.29 is 19.1 Å². The number of carbonyl (C=O) groups excluding carboxylic acids is 2. The monoisotopic (exact) mass is 292 g/mol. The molecule has 1 heterocycles. The second kappa shape index (κ2) is 6.97. The lowest BCUT2D eigenvalue weighted by molar-refractivity contribution is -0.123. The highest BCUT2D eigenvalue weighted by molar-refractivity contribution is 5.97. The van der Waals surface area contributed by atoms with E-state index in [0.29, 0.717) is 43.4 Å². The molecular formula is C15H20N2O4. The van der Waals surface area contributed by atoms with Gasteiger partial charge >= 0.3 is 0 Å². The van der Waals surface area contributed by atoms with E-state index in [1.807, 2.05) is 13.8 Å². The van der Waals surface area contributed by atoms with Crippen LogP contribution in [0.5, 0.6) is 11.5 Å². The Kier molecular flexibility index (Phi) is 5.03. The summed E-state index contributed by atoms with van der Waals surface area (Å²) >= 11 is 0. The number of nitrogens with zero attached hydrogens (tertiary/aromatic N) is 1. The van der Waals surface area contributed by atoms with E-state index in [2.05, 4.69) is 5.32 Å². The first-order valence-corrected chi connectivity index (χ1v) is 7.11. The quantitative estimate of drug-likeness (QED) is 0.881. The lowest BCUT2D eigenvalue weighted by atomic mass is 10.1. The highest BCUT2D eigenvalue weighted by Gasteiger charge is 2.23. The molecule has 2 rings (SSSR count). The number of amides is 2. The number of rotatable bonds is 5.